The second kappa shape index (κ2) is 10.0. The fourth-order valence-electron chi connectivity index (χ4n) is 4.86. The number of morpholine rings is 1. The van der Waals surface area contributed by atoms with Crippen molar-refractivity contribution in [2.24, 2.45) is 0 Å². The van der Waals surface area contributed by atoms with Crippen LogP contribution < -0.4 is 20.4 Å². The van der Waals surface area contributed by atoms with Gasteiger partial charge in [0.15, 0.2) is 5.11 Å². The zero-order valence-electron chi connectivity index (χ0n) is 18.6. The number of ether oxygens (including phenoxy) is 1. The summed E-state index contributed by atoms with van der Waals surface area (Å²) < 4.78 is 5.54. The molecule has 8 heteroatoms. The molecule has 0 spiro atoms. The summed E-state index contributed by atoms with van der Waals surface area (Å²) in [6.45, 7) is 4.93. The van der Waals surface area contributed by atoms with Gasteiger partial charge in [-0.25, -0.2) is 0 Å². The lowest BCUT2D eigenvalue weighted by atomic mass is 9.96. The Kier molecular flexibility index (Phi) is 6.69. The smallest absolute Gasteiger partial charge is 0.232 e. The molecule has 2 fully saturated rings. The van der Waals surface area contributed by atoms with Crippen LogP contribution in [0.5, 0.6) is 0 Å². The fourth-order valence-corrected chi connectivity index (χ4v) is 5.11. The van der Waals surface area contributed by atoms with E-state index in [1.54, 1.807) is 0 Å². The Bertz CT molecular complexity index is 942. The van der Waals surface area contributed by atoms with E-state index in [1.165, 1.54) is 43.2 Å². The normalized spacial score (nSPS) is 19.4. The SMILES string of the molecule is S=C(Nc1nc(N2CCOCC2)cc(N2CCc3ccccc3C2)n1)NC1CCCCC1. The molecule has 0 amide bonds. The van der Waals surface area contributed by atoms with Crippen LogP contribution in [0, 0.1) is 0 Å². The van der Waals surface area contributed by atoms with Crippen molar-refractivity contribution in [3.63, 3.8) is 0 Å². The maximum absolute atomic E-state index is 5.62. The third-order valence-corrected chi connectivity index (χ3v) is 6.87. The van der Waals surface area contributed by atoms with Gasteiger partial charge in [-0.1, -0.05) is 43.5 Å². The molecule has 0 radical (unpaired) electrons. The Hall–Kier alpha value is -2.45. The number of aromatic nitrogens is 2. The van der Waals surface area contributed by atoms with Gasteiger partial charge in [0, 0.05) is 38.3 Å². The van der Waals surface area contributed by atoms with Crippen LogP contribution in [0.25, 0.3) is 0 Å². The van der Waals surface area contributed by atoms with E-state index in [-0.39, 0.29) is 0 Å². The lowest BCUT2D eigenvalue weighted by molar-refractivity contribution is 0.122. The molecule has 5 rings (SSSR count). The van der Waals surface area contributed by atoms with Gasteiger partial charge in [0.1, 0.15) is 11.6 Å². The summed E-state index contributed by atoms with van der Waals surface area (Å²) in [7, 11) is 0. The molecule has 170 valence electrons. The summed E-state index contributed by atoms with van der Waals surface area (Å²) in [4.78, 5) is 14.3. The minimum atomic E-state index is 0.448. The van der Waals surface area contributed by atoms with E-state index in [2.05, 4.69) is 50.8 Å². The molecule has 2 aliphatic heterocycles. The molecular formula is C24H32N6OS. The number of hydrogen-bond donors (Lipinski definition) is 2. The molecule has 0 unspecified atom stereocenters. The van der Waals surface area contributed by atoms with Gasteiger partial charge in [-0.15, -0.1) is 0 Å². The first-order valence-corrected chi connectivity index (χ1v) is 12.3. The zero-order chi connectivity index (χ0) is 21.8. The topological polar surface area (TPSA) is 65.5 Å². The summed E-state index contributed by atoms with van der Waals surface area (Å²) in [6, 6.07) is 11.2. The standard InChI is InChI=1S/C24H32N6OS/c32-24(25-20-8-2-1-3-9-20)28-23-26-21(29-12-14-31-15-13-29)16-22(27-23)30-11-10-18-6-4-5-7-19(18)17-30/h4-7,16,20H,1-3,8-15,17H2,(H2,25,26,27,28,32). The highest BCUT2D eigenvalue weighted by atomic mass is 32.1. The highest BCUT2D eigenvalue weighted by Gasteiger charge is 2.22. The molecule has 2 N–H and O–H groups in total. The molecule has 1 aliphatic carbocycles. The quantitative estimate of drug-likeness (QED) is 0.684. The van der Waals surface area contributed by atoms with Gasteiger partial charge >= 0.3 is 0 Å². The summed E-state index contributed by atoms with van der Waals surface area (Å²) >= 11 is 5.62. The largest absolute Gasteiger partial charge is 0.378 e. The van der Waals surface area contributed by atoms with Gasteiger partial charge in [0.25, 0.3) is 0 Å². The molecule has 3 heterocycles. The number of fused-ring (bicyclic) bond motifs is 1. The van der Waals surface area contributed by atoms with Gasteiger partial charge in [-0.3, -0.25) is 0 Å². The van der Waals surface area contributed by atoms with Crippen LogP contribution in [0.3, 0.4) is 0 Å². The number of rotatable bonds is 4. The van der Waals surface area contributed by atoms with Crippen molar-refractivity contribution in [1.82, 2.24) is 15.3 Å². The second-order valence-electron chi connectivity index (χ2n) is 8.88. The Morgan fingerprint density at radius 1 is 0.938 bits per heavy atom. The van der Waals surface area contributed by atoms with Gasteiger partial charge in [-0.2, -0.15) is 9.97 Å². The van der Waals surface area contributed by atoms with Crippen LogP contribution >= 0.6 is 12.2 Å². The van der Waals surface area contributed by atoms with Gasteiger partial charge in [0.2, 0.25) is 5.95 Å². The van der Waals surface area contributed by atoms with E-state index < -0.39 is 0 Å². The first-order valence-electron chi connectivity index (χ1n) is 11.9. The molecule has 1 aromatic carbocycles. The third-order valence-electron chi connectivity index (χ3n) is 6.65. The minimum Gasteiger partial charge on any atom is -0.378 e. The molecular weight excluding hydrogens is 420 g/mol. The van der Waals surface area contributed by atoms with E-state index in [0.29, 0.717) is 17.1 Å². The van der Waals surface area contributed by atoms with Crippen molar-refractivity contribution in [1.29, 1.82) is 0 Å². The number of nitrogens with zero attached hydrogens (tertiary/aromatic N) is 4. The van der Waals surface area contributed by atoms with E-state index in [1.807, 2.05) is 0 Å². The van der Waals surface area contributed by atoms with Crippen LogP contribution in [-0.2, 0) is 17.7 Å². The average molecular weight is 453 g/mol. The van der Waals surface area contributed by atoms with Crippen LogP contribution in [0.4, 0.5) is 17.6 Å². The number of nitrogens with one attached hydrogen (secondary N) is 2. The third kappa shape index (κ3) is 5.13. The van der Waals surface area contributed by atoms with Gasteiger partial charge in [-0.05, 0) is 42.6 Å². The van der Waals surface area contributed by atoms with E-state index >= 15 is 0 Å². The molecule has 1 saturated carbocycles. The molecule has 1 aromatic heterocycles. The number of anilines is 3. The minimum absolute atomic E-state index is 0.448. The van der Waals surface area contributed by atoms with Crippen molar-refractivity contribution in [2.75, 3.05) is 48.0 Å². The second-order valence-corrected chi connectivity index (χ2v) is 9.29. The highest BCUT2D eigenvalue weighted by molar-refractivity contribution is 7.80. The highest BCUT2D eigenvalue weighted by Crippen LogP contribution is 2.27. The Balaban J connectivity index is 1.36. The summed E-state index contributed by atoms with van der Waals surface area (Å²) in [5.41, 5.74) is 2.80. The van der Waals surface area contributed by atoms with E-state index in [4.69, 9.17) is 26.9 Å². The maximum atomic E-state index is 5.62. The van der Waals surface area contributed by atoms with Crippen LogP contribution in [-0.4, -0.2) is 54.0 Å². The Labute approximate surface area is 195 Å². The monoisotopic (exact) mass is 452 g/mol. The first-order chi connectivity index (χ1) is 15.7. The number of benzene rings is 1. The van der Waals surface area contributed by atoms with E-state index in [9.17, 15) is 0 Å². The molecule has 0 bridgehead atoms. The van der Waals surface area contributed by atoms with Crippen LogP contribution in [0.2, 0.25) is 0 Å². The van der Waals surface area contributed by atoms with Gasteiger partial charge in [0.05, 0.1) is 13.2 Å². The first kappa shape index (κ1) is 21.4. The predicted octanol–water partition coefficient (Wildman–Crippen LogP) is 3.50. The summed E-state index contributed by atoms with van der Waals surface area (Å²) in [5.74, 6) is 2.44. The lowest BCUT2D eigenvalue weighted by Gasteiger charge is -2.32. The average Bonchev–Trinajstić information content (AvgIpc) is 2.84. The summed E-state index contributed by atoms with van der Waals surface area (Å²) in [5, 5.41) is 7.37. The van der Waals surface area contributed by atoms with Crippen molar-refractivity contribution in [3.8, 4) is 0 Å². The number of thiocarbonyl (C=S) groups is 1. The zero-order valence-corrected chi connectivity index (χ0v) is 19.4. The van der Waals surface area contributed by atoms with Crippen LogP contribution in [0.1, 0.15) is 43.2 Å². The van der Waals surface area contributed by atoms with E-state index in [0.717, 1.165) is 57.4 Å². The Morgan fingerprint density at radius 3 is 2.44 bits per heavy atom. The van der Waals surface area contributed by atoms with Gasteiger partial charge < -0.3 is 25.2 Å². The van der Waals surface area contributed by atoms with Crippen molar-refractivity contribution >= 4 is 34.9 Å². The maximum Gasteiger partial charge on any atom is 0.232 e. The van der Waals surface area contributed by atoms with Crippen molar-refractivity contribution in [3.05, 3.63) is 41.5 Å². The molecule has 2 aromatic rings. The fraction of sp³-hybridized carbons (Fsp3) is 0.542. The Morgan fingerprint density at radius 2 is 1.66 bits per heavy atom. The molecule has 1 saturated heterocycles. The van der Waals surface area contributed by atoms with Crippen LogP contribution in [0.15, 0.2) is 30.3 Å². The van der Waals surface area contributed by atoms with Crippen molar-refractivity contribution < 1.29 is 4.74 Å². The molecule has 7 nitrogen and oxygen atoms in total. The molecule has 0 atom stereocenters. The lowest BCUT2D eigenvalue weighted by Crippen LogP contribution is -2.40. The molecule has 32 heavy (non-hydrogen) atoms. The molecule has 3 aliphatic rings. The van der Waals surface area contributed by atoms with Crippen molar-refractivity contribution in [2.45, 2.75) is 51.1 Å². The summed E-state index contributed by atoms with van der Waals surface area (Å²) in [6.07, 6.45) is 7.24. The number of hydrogen-bond acceptors (Lipinski definition) is 6. The predicted molar refractivity (Wildman–Crippen MR) is 132 cm³/mol.